The van der Waals surface area contributed by atoms with Crippen LogP contribution in [0.15, 0.2) is 46.3 Å². The highest BCUT2D eigenvalue weighted by Gasteiger charge is 2.18. The first kappa shape index (κ1) is 14.4. The summed E-state index contributed by atoms with van der Waals surface area (Å²) in [7, 11) is 0. The highest BCUT2D eigenvalue weighted by atomic mass is 79.9. The molecule has 0 nitrogen and oxygen atoms in total. The van der Waals surface area contributed by atoms with Crippen LogP contribution in [-0.4, -0.2) is 0 Å². The van der Waals surface area contributed by atoms with Gasteiger partial charge in [-0.3, -0.25) is 0 Å². The Balaban J connectivity index is 2.13. The normalized spacial score (nSPS) is 12.8. The quantitative estimate of drug-likeness (QED) is 0.418. The van der Waals surface area contributed by atoms with Crippen molar-refractivity contribution in [3.8, 4) is 0 Å². The van der Waals surface area contributed by atoms with Gasteiger partial charge >= 0.3 is 0 Å². The number of thiophene rings is 1. The highest BCUT2D eigenvalue weighted by molar-refractivity contribution is 9.10. The summed E-state index contributed by atoms with van der Waals surface area (Å²) in [4.78, 5) is 0. The van der Waals surface area contributed by atoms with Crippen molar-refractivity contribution in [1.82, 2.24) is 0 Å². The van der Waals surface area contributed by atoms with Crippen molar-refractivity contribution in [2.45, 2.75) is 12.3 Å². The Hall–Kier alpha value is -0.540. The fourth-order valence-corrected chi connectivity index (χ4v) is 4.70. The standard InChI is InChI=1S/C16H11BrCl2S/c1-9-7-10(18)5-6-11(9)15(19)13-8-20-16-12(13)3-2-4-14(16)17/h2-8,15H,1H3. The molecular weight excluding hydrogens is 375 g/mol. The van der Waals surface area contributed by atoms with E-state index in [0.717, 1.165) is 26.2 Å². The summed E-state index contributed by atoms with van der Waals surface area (Å²) in [6.45, 7) is 2.04. The van der Waals surface area contributed by atoms with Crippen molar-refractivity contribution in [2.24, 2.45) is 0 Å². The van der Waals surface area contributed by atoms with Gasteiger partial charge in [-0.05, 0) is 68.5 Å². The van der Waals surface area contributed by atoms with Gasteiger partial charge in [-0.1, -0.05) is 29.8 Å². The minimum Gasteiger partial charge on any atom is -0.142 e. The lowest BCUT2D eigenvalue weighted by molar-refractivity contribution is 1.13. The highest BCUT2D eigenvalue weighted by Crippen LogP contribution is 2.41. The number of aryl methyl sites for hydroxylation is 1. The fourth-order valence-electron chi connectivity index (χ4n) is 2.33. The molecule has 102 valence electrons. The van der Waals surface area contributed by atoms with E-state index in [9.17, 15) is 0 Å². The largest absolute Gasteiger partial charge is 0.142 e. The molecule has 0 aliphatic heterocycles. The molecular formula is C16H11BrCl2S. The lowest BCUT2D eigenvalue weighted by Gasteiger charge is -2.13. The molecule has 1 heterocycles. The van der Waals surface area contributed by atoms with Gasteiger partial charge in [0.15, 0.2) is 0 Å². The predicted octanol–water partition coefficient (Wildman–Crippen LogP) is 6.95. The second-order valence-corrected chi connectivity index (χ2v) is 7.28. The number of hydrogen-bond donors (Lipinski definition) is 0. The third-order valence-corrected chi connectivity index (χ3v) is 6.04. The number of rotatable bonds is 2. The van der Waals surface area contributed by atoms with Crippen LogP contribution >= 0.6 is 50.5 Å². The number of fused-ring (bicyclic) bond motifs is 1. The van der Waals surface area contributed by atoms with Crippen LogP contribution < -0.4 is 0 Å². The first-order valence-corrected chi connectivity index (χ1v) is 8.62. The number of halogens is 3. The Morgan fingerprint density at radius 3 is 2.70 bits per heavy atom. The minimum absolute atomic E-state index is 0.157. The van der Waals surface area contributed by atoms with Crippen LogP contribution in [0, 0.1) is 6.92 Å². The third kappa shape index (κ3) is 2.50. The van der Waals surface area contributed by atoms with Crippen molar-refractivity contribution < 1.29 is 0 Å². The molecule has 3 rings (SSSR count). The number of alkyl halides is 1. The van der Waals surface area contributed by atoms with E-state index in [0.29, 0.717) is 0 Å². The molecule has 1 unspecified atom stereocenters. The van der Waals surface area contributed by atoms with Gasteiger partial charge in [0.2, 0.25) is 0 Å². The van der Waals surface area contributed by atoms with Gasteiger partial charge in [0, 0.05) is 14.2 Å². The van der Waals surface area contributed by atoms with Gasteiger partial charge in [-0.25, -0.2) is 0 Å². The molecule has 0 amide bonds. The maximum absolute atomic E-state index is 6.71. The van der Waals surface area contributed by atoms with E-state index in [4.69, 9.17) is 23.2 Å². The Kier molecular flexibility index (Phi) is 4.09. The molecule has 0 saturated carbocycles. The zero-order chi connectivity index (χ0) is 14.3. The van der Waals surface area contributed by atoms with Gasteiger partial charge in [-0.2, -0.15) is 0 Å². The summed E-state index contributed by atoms with van der Waals surface area (Å²) in [6, 6.07) is 12.1. The Morgan fingerprint density at radius 2 is 1.95 bits per heavy atom. The molecule has 0 bridgehead atoms. The fraction of sp³-hybridized carbons (Fsp3) is 0.125. The molecule has 0 fully saturated rings. The van der Waals surface area contributed by atoms with Crippen molar-refractivity contribution in [1.29, 1.82) is 0 Å². The zero-order valence-electron chi connectivity index (χ0n) is 10.7. The Morgan fingerprint density at radius 1 is 1.15 bits per heavy atom. The molecule has 0 aliphatic carbocycles. The lowest BCUT2D eigenvalue weighted by Crippen LogP contribution is -1.95. The summed E-state index contributed by atoms with van der Waals surface area (Å²) < 4.78 is 2.35. The first-order chi connectivity index (χ1) is 9.58. The topological polar surface area (TPSA) is 0 Å². The summed E-state index contributed by atoms with van der Waals surface area (Å²) >= 11 is 18.0. The number of hydrogen-bond acceptors (Lipinski definition) is 1. The van der Waals surface area contributed by atoms with E-state index in [-0.39, 0.29) is 5.38 Å². The SMILES string of the molecule is Cc1cc(Cl)ccc1C(Cl)c1csc2c(Br)cccc12. The van der Waals surface area contributed by atoms with E-state index < -0.39 is 0 Å². The van der Waals surface area contributed by atoms with Crippen molar-refractivity contribution in [3.63, 3.8) is 0 Å². The maximum atomic E-state index is 6.71. The van der Waals surface area contributed by atoms with Gasteiger partial charge in [0.25, 0.3) is 0 Å². The number of benzene rings is 2. The molecule has 0 saturated heterocycles. The predicted molar refractivity (Wildman–Crippen MR) is 93.4 cm³/mol. The van der Waals surface area contributed by atoms with E-state index in [1.54, 1.807) is 11.3 Å². The lowest BCUT2D eigenvalue weighted by atomic mass is 10.00. The van der Waals surface area contributed by atoms with Crippen molar-refractivity contribution in [2.75, 3.05) is 0 Å². The molecule has 1 aromatic heterocycles. The summed E-state index contributed by atoms with van der Waals surface area (Å²) in [5.74, 6) is 0. The van der Waals surface area contributed by atoms with Crippen LogP contribution in [0.2, 0.25) is 5.02 Å². The average Bonchev–Trinajstić information content (AvgIpc) is 2.83. The first-order valence-electron chi connectivity index (χ1n) is 6.13. The second kappa shape index (κ2) is 5.69. The van der Waals surface area contributed by atoms with Crippen LogP contribution in [0.5, 0.6) is 0 Å². The van der Waals surface area contributed by atoms with E-state index in [1.807, 2.05) is 31.2 Å². The molecule has 0 N–H and O–H groups in total. The van der Waals surface area contributed by atoms with Gasteiger partial charge in [0.05, 0.1) is 5.38 Å². The summed E-state index contributed by atoms with van der Waals surface area (Å²) in [5, 5.41) is 3.93. The molecule has 0 aliphatic rings. The zero-order valence-corrected chi connectivity index (χ0v) is 14.6. The second-order valence-electron chi connectivity index (χ2n) is 4.67. The molecule has 4 heteroatoms. The monoisotopic (exact) mass is 384 g/mol. The Bertz CT molecular complexity index is 779. The van der Waals surface area contributed by atoms with Crippen LogP contribution in [0.4, 0.5) is 0 Å². The third-order valence-electron chi connectivity index (χ3n) is 3.36. The molecule has 0 radical (unpaired) electrons. The van der Waals surface area contributed by atoms with Crippen molar-refractivity contribution >= 4 is 60.6 Å². The summed E-state index contributed by atoms with van der Waals surface area (Å²) in [5.41, 5.74) is 3.38. The van der Waals surface area contributed by atoms with E-state index in [2.05, 4.69) is 33.4 Å². The summed E-state index contributed by atoms with van der Waals surface area (Å²) in [6.07, 6.45) is 0. The average molecular weight is 386 g/mol. The van der Waals surface area contributed by atoms with Crippen LogP contribution in [0.25, 0.3) is 10.1 Å². The van der Waals surface area contributed by atoms with Crippen LogP contribution in [0.1, 0.15) is 22.1 Å². The molecule has 3 aromatic rings. The maximum Gasteiger partial charge on any atom is 0.0852 e. The van der Waals surface area contributed by atoms with Gasteiger partial charge < -0.3 is 0 Å². The Labute approximate surface area is 140 Å². The van der Waals surface area contributed by atoms with Crippen LogP contribution in [-0.2, 0) is 0 Å². The van der Waals surface area contributed by atoms with Gasteiger partial charge in [0.1, 0.15) is 0 Å². The molecule has 20 heavy (non-hydrogen) atoms. The van der Waals surface area contributed by atoms with Gasteiger partial charge in [-0.15, -0.1) is 22.9 Å². The van der Waals surface area contributed by atoms with Crippen molar-refractivity contribution in [3.05, 3.63) is 68.0 Å². The molecule has 0 spiro atoms. The minimum atomic E-state index is -0.157. The smallest absolute Gasteiger partial charge is 0.0852 e. The van der Waals surface area contributed by atoms with Crippen LogP contribution in [0.3, 0.4) is 0 Å². The molecule has 1 atom stereocenters. The van der Waals surface area contributed by atoms with E-state index in [1.165, 1.54) is 10.1 Å². The van der Waals surface area contributed by atoms with E-state index >= 15 is 0 Å². The molecule has 2 aromatic carbocycles.